The van der Waals surface area contributed by atoms with Gasteiger partial charge >= 0.3 is 0 Å². The molecule has 0 bridgehead atoms. The molecule has 1 aliphatic carbocycles. The van der Waals surface area contributed by atoms with Crippen LogP contribution in [0.2, 0.25) is 0 Å². The number of fused-ring (bicyclic) bond motifs is 2. The number of methoxy groups -OCH3 is 3. The van der Waals surface area contributed by atoms with Crippen LogP contribution in [0, 0.1) is 0 Å². The van der Waals surface area contributed by atoms with Gasteiger partial charge in [-0.3, -0.25) is 4.79 Å². The number of aromatic nitrogens is 1. The molecule has 0 N–H and O–H groups in total. The van der Waals surface area contributed by atoms with E-state index < -0.39 is 0 Å². The maximum Gasteiger partial charge on any atom is 0.229 e. The van der Waals surface area contributed by atoms with E-state index in [9.17, 15) is 4.79 Å². The fourth-order valence-corrected chi connectivity index (χ4v) is 4.35. The smallest absolute Gasteiger partial charge is 0.229 e. The average Bonchev–Trinajstić information content (AvgIpc) is 2.71. The maximum atomic E-state index is 12.8. The number of hydrogen-bond acceptors (Lipinski definition) is 4. The van der Waals surface area contributed by atoms with Crippen LogP contribution < -0.4 is 19.6 Å². The molecule has 5 nitrogen and oxygen atoms in total. The minimum absolute atomic E-state index is 0. The first-order valence-electron chi connectivity index (χ1n) is 8.88. The number of hydrogen-bond donors (Lipinski definition) is 0. The molecular formula is C22H20ClNO4. The van der Waals surface area contributed by atoms with Gasteiger partial charge in [-0.25, -0.2) is 0 Å². The third-order valence-electron chi connectivity index (χ3n) is 5.56. The van der Waals surface area contributed by atoms with Gasteiger partial charge in [0.05, 0.1) is 26.8 Å². The topological polar surface area (TPSA) is 49.7 Å². The second-order valence-corrected chi connectivity index (χ2v) is 6.79. The molecule has 5 rings (SSSR count). The molecule has 0 saturated carbocycles. The van der Waals surface area contributed by atoms with Crippen LogP contribution in [-0.4, -0.2) is 25.9 Å². The number of pyridine rings is 1. The Hall–Kier alpha value is -2.92. The van der Waals surface area contributed by atoms with E-state index in [1.54, 1.807) is 20.3 Å². The summed E-state index contributed by atoms with van der Waals surface area (Å²) in [5.41, 5.74) is 3.93. The van der Waals surface area contributed by atoms with E-state index in [4.69, 9.17) is 14.2 Å². The molecule has 0 atom stereocenters. The lowest BCUT2D eigenvalue weighted by atomic mass is 9.90. The lowest BCUT2D eigenvalue weighted by Gasteiger charge is -2.25. The summed E-state index contributed by atoms with van der Waals surface area (Å²) in [7, 11) is 4.86. The number of aryl methyl sites for hydroxylation is 2. The fraction of sp³-hybridized carbons (Fsp3) is 0.227. The first kappa shape index (κ1) is 18.4. The Morgan fingerprint density at radius 2 is 1.64 bits per heavy atom. The SMILES string of the molecule is COc1cc2c3c(ccc4c5ccc(OC)c(=O)c-5cn(c43)CC2)c1OC.Cl. The Balaban J connectivity index is 0.00000192. The molecule has 2 aliphatic heterocycles. The van der Waals surface area contributed by atoms with Gasteiger partial charge < -0.3 is 18.8 Å². The predicted molar refractivity (Wildman–Crippen MR) is 113 cm³/mol. The van der Waals surface area contributed by atoms with Crippen LogP contribution >= 0.6 is 12.4 Å². The van der Waals surface area contributed by atoms with Crippen molar-refractivity contribution in [3.05, 3.63) is 52.3 Å². The summed E-state index contributed by atoms with van der Waals surface area (Å²) in [6, 6.07) is 9.92. The van der Waals surface area contributed by atoms with Gasteiger partial charge in [0.25, 0.3) is 0 Å². The van der Waals surface area contributed by atoms with Crippen molar-refractivity contribution in [1.82, 2.24) is 4.57 Å². The molecule has 0 unspecified atom stereocenters. The van der Waals surface area contributed by atoms with Crippen LogP contribution in [0.1, 0.15) is 5.56 Å². The Bertz CT molecular complexity index is 1260. The van der Waals surface area contributed by atoms with Gasteiger partial charge in [0.2, 0.25) is 5.43 Å². The highest BCUT2D eigenvalue weighted by Crippen LogP contribution is 2.44. The molecule has 0 fully saturated rings. The van der Waals surface area contributed by atoms with Crippen molar-refractivity contribution in [3.8, 4) is 28.4 Å². The van der Waals surface area contributed by atoms with Crippen LogP contribution in [0.4, 0.5) is 0 Å². The molecule has 0 saturated heterocycles. The van der Waals surface area contributed by atoms with Crippen molar-refractivity contribution in [1.29, 1.82) is 0 Å². The van der Waals surface area contributed by atoms with E-state index in [-0.39, 0.29) is 17.8 Å². The normalized spacial score (nSPS) is 12.4. The zero-order valence-electron chi connectivity index (χ0n) is 15.9. The molecule has 0 aromatic heterocycles. The molecular weight excluding hydrogens is 378 g/mol. The Morgan fingerprint density at radius 1 is 0.893 bits per heavy atom. The monoisotopic (exact) mass is 397 g/mol. The minimum Gasteiger partial charge on any atom is -0.493 e. The summed E-state index contributed by atoms with van der Waals surface area (Å²) >= 11 is 0. The summed E-state index contributed by atoms with van der Waals surface area (Å²) in [6.45, 7) is 0.810. The molecule has 3 aliphatic rings. The highest BCUT2D eigenvalue weighted by Gasteiger charge is 2.24. The van der Waals surface area contributed by atoms with Crippen molar-refractivity contribution in [2.24, 2.45) is 0 Å². The standard InChI is InChI=1S/C22H19NO4.ClH/c1-25-17-7-6-13-14-4-5-15-19-12(10-18(26-2)22(15)27-3)8-9-23(20(14)19)11-16(13)21(17)24;/h4-7,10-11H,8-9H2,1-3H3;1H. The van der Waals surface area contributed by atoms with Crippen LogP contribution in [0.5, 0.6) is 17.2 Å². The van der Waals surface area contributed by atoms with E-state index in [1.165, 1.54) is 18.1 Å². The van der Waals surface area contributed by atoms with Gasteiger partial charge in [-0.15, -0.1) is 12.4 Å². The molecule has 144 valence electrons. The summed E-state index contributed by atoms with van der Waals surface area (Å²) < 4.78 is 18.6. The van der Waals surface area contributed by atoms with E-state index in [0.29, 0.717) is 11.3 Å². The summed E-state index contributed by atoms with van der Waals surface area (Å²) in [6.07, 6.45) is 2.83. The maximum absolute atomic E-state index is 12.8. The van der Waals surface area contributed by atoms with Crippen molar-refractivity contribution in [3.63, 3.8) is 0 Å². The molecule has 2 aromatic rings. The third kappa shape index (κ3) is 2.29. The lowest BCUT2D eigenvalue weighted by Crippen LogP contribution is -2.16. The van der Waals surface area contributed by atoms with Crippen molar-refractivity contribution in [2.75, 3.05) is 21.3 Å². The van der Waals surface area contributed by atoms with E-state index in [1.807, 2.05) is 12.3 Å². The van der Waals surface area contributed by atoms with Crippen molar-refractivity contribution in [2.45, 2.75) is 13.0 Å². The van der Waals surface area contributed by atoms with Gasteiger partial charge in [-0.2, -0.15) is 0 Å². The zero-order chi connectivity index (χ0) is 18.7. The minimum atomic E-state index is -0.0705. The fourth-order valence-electron chi connectivity index (χ4n) is 4.35. The van der Waals surface area contributed by atoms with E-state index in [2.05, 4.69) is 22.8 Å². The first-order valence-corrected chi connectivity index (χ1v) is 8.88. The number of ether oxygens (including phenoxy) is 3. The molecule has 0 spiro atoms. The molecule has 2 heterocycles. The summed E-state index contributed by atoms with van der Waals surface area (Å²) in [5, 5.41) is 3.26. The van der Waals surface area contributed by atoms with Crippen LogP contribution in [-0.2, 0) is 13.0 Å². The van der Waals surface area contributed by atoms with Crippen LogP contribution in [0.25, 0.3) is 32.8 Å². The van der Waals surface area contributed by atoms with Gasteiger partial charge in [0.15, 0.2) is 17.2 Å². The predicted octanol–water partition coefficient (Wildman–Crippen LogP) is 4.26. The second kappa shape index (κ2) is 6.60. The molecule has 0 amide bonds. The van der Waals surface area contributed by atoms with E-state index >= 15 is 0 Å². The van der Waals surface area contributed by atoms with Crippen molar-refractivity contribution < 1.29 is 14.2 Å². The van der Waals surface area contributed by atoms with Gasteiger partial charge in [0.1, 0.15) is 0 Å². The number of nitrogens with zero attached hydrogens (tertiary/aromatic N) is 1. The lowest BCUT2D eigenvalue weighted by molar-refractivity contribution is 0.358. The molecule has 28 heavy (non-hydrogen) atoms. The highest BCUT2D eigenvalue weighted by molar-refractivity contribution is 6.14. The summed E-state index contributed by atoms with van der Waals surface area (Å²) in [4.78, 5) is 12.8. The number of benzene rings is 3. The number of rotatable bonds is 3. The van der Waals surface area contributed by atoms with Gasteiger partial charge in [-0.05, 0) is 41.8 Å². The van der Waals surface area contributed by atoms with E-state index in [0.717, 1.165) is 46.3 Å². The Morgan fingerprint density at radius 3 is 2.36 bits per heavy atom. The number of halogens is 1. The molecule has 0 radical (unpaired) electrons. The largest absolute Gasteiger partial charge is 0.493 e. The second-order valence-electron chi connectivity index (χ2n) is 6.79. The highest BCUT2D eigenvalue weighted by atomic mass is 35.5. The van der Waals surface area contributed by atoms with Crippen LogP contribution in [0.15, 0.2) is 41.3 Å². The molecule has 2 aromatic carbocycles. The third-order valence-corrected chi connectivity index (χ3v) is 5.56. The van der Waals surface area contributed by atoms with Crippen molar-refractivity contribution >= 4 is 34.1 Å². The van der Waals surface area contributed by atoms with Crippen LogP contribution in [0.3, 0.4) is 0 Å². The zero-order valence-corrected chi connectivity index (χ0v) is 16.7. The Kier molecular flexibility index (Phi) is 4.35. The quantitative estimate of drug-likeness (QED) is 0.484. The molecule has 6 heteroatoms. The van der Waals surface area contributed by atoms with Gasteiger partial charge in [0, 0.05) is 34.5 Å². The van der Waals surface area contributed by atoms with Gasteiger partial charge in [-0.1, -0.05) is 6.07 Å². The summed E-state index contributed by atoms with van der Waals surface area (Å²) in [5.74, 6) is 1.87. The average molecular weight is 398 g/mol. The Labute approximate surface area is 168 Å². The first-order chi connectivity index (χ1) is 13.2.